The number of fused-ring (bicyclic) bond motifs is 1. The van der Waals surface area contributed by atoms with Gasteiger partial charge in [0.1, 0.15) is 11.9 Å². The van der Waals surface area contributed by atoms with E-state index in [1.165, 1.54) is 24.3 Å². The van der Waals surface area contributed by atoms with E-state index in [1.54, 1.807) is 12.1 Å². The van der Waals surface area contributed by atoms with Crippen molar-refractivity contribution in [2.75, 3.05) is 37.5 Å². The largest absolute Gasteiger partial charge is 0.496 e. The van der Waals surface area contributed by atoms with Gasteiger partial charge in [-0.3, -0.25) is 4.90 Å². The first kappa shape index (κ1) is 25.3. The van der Waals surface area contributed by atoms with Crippen LogP contribution in [-0.4, -0.2) is 38.3 Å². The summed E-state index contributed by atoms with van der Waals surface area (Å²) >= 11 is 0. The van der Waals surface area contributed by atoms with E-state index in [0.29, 0.717) is 23.6 Å². The van der Waals surface area contributed by atoms with Crippen molar-refractivity contribution in [3.8, 4) is 11.6 Å². The Kier molecular flexibility index (Phi) is 7.64. The third-order valence-corrected chi connectivity index (χ3v) is 5.93. The lowest BCUT2D eigenvalue weighted by Gasteiger charge is -2.21. The summed E-state index contributed by atoms with van der Waals surface area (Å²) in [6.45, 7) is 1.01. The van der Waals surface area contributed by atoms with Crippen LogP contribution in [0, 0.1) is 0 Å². The highest BCUT2D eigenvalue weighted by atomic mass is 19.4. The number of urea groups is 1. The number of amides is 2. The molecule has 10 heteroatoms. The molecule has 0 radical (unpaired) electrons. The Morgan fingerprint density at radius 2 is 1.94 bits per heavy atom. The van der Waals surface area contributed by atoms with Crippen molar-refractivity contribution in [1.82, 2.24) is 10.3 Å². The number of halogens is 3. The number of nitrogens with zero attached hydrogens (tertiary/aromatic N) is 2. The van der Waals surface area contributed by atoms with Crippen LogP contribution < -0.4 is 25.0 Å². The number of hydrogen-bond donors (Lipinski definition) is 2. The van der Waals surface area contributed by atoms with E-state index in [-0.39, 0.29) is 24.1 Å². The number of carbonyl (C=O) groups is 1. The van der Waals surface area contributed by atoms with E-state index in [1.807, 2.05) is 37.4 Å². The molecule has 0 bridgehead atoms. The molecule has 2 amide bonds. The number of hydrogen-bond acceptors (Lipinski definition) is 5. The summed E-state index contributed by atoms with van der Waals surface area (Å²) in [6, 6.07) is 14.9. The highest BCUT2D eigenvalue weighted by Gasteiger charge is 2.37. The second-order valence-corrected chi connectivity index (χ2v) is 8.31. The Morgan fingerprint density at radius 1 is 1.17 bits per heavy atom. The van der Waals surface area contributed by atoms with Crippen molar-refractivity contribution in [2.24, 2.45) is 0 Å². The van der Waals surface area contributed by atoms with Crippen LogP contribution >= 0.6 is 0 Å². The average molecular weight is 501 g/mol. The molecule has 0 spiro atoms. The van der Waals surface area contributed by atoms with Gasteiger partial charge in [0.2, 0.25) is 5.88 Å². The lowest BCUT2D eigenvalue weighted by Crippen LogP contribution is -2.33. The lowest BCUT2D eigenvalue weighted by atomic mass is 10.1. The Morgan fingerprint density at radius 3 is 2.58 bits per heavy atom. The van der Waals surface area contributed by atoms with Crippen molar-refractivity contribution < 1.29 is 27.4 Å². The van der Waals surface area contributed by atoms with Gasteiger partial charge in [-0.05, 0) is 49.3 Å². The van der Waals surface area contributed by atoms with Crippen LogP contribution in [0.2, 0.25) is 0 Å². The first-order valence-corrected chi connectivity index (χ1v) is 11.5. The van der Waals surface area contributed by atoms with E-state index >= 15 is 0 Å². The molecule has 0 fully saturated rings. The zero-order valence-corrected chi connectivity index (χ0v) is 19.9. The summed E-state index contributed by atoms with van der Waals surface area (Å²) in [5.74, 6) is 0.137. The molecular formula is C26H27F3N4O3. The molecule has 1 aromatic heterocycles. The summed E-state index contributed by atoms with van der Waals surface area (Å²) in [7, 11) is 3.07. The maximum absolute atomic E-state index is 13.5. The van der Waals surface area contributed by atoms with Crippen LogP contribution in [0.4, 0.5) is 29.3 Å². The fourth-order valence-electron chi connectivity index (χ4n) is 4.11. The zero-order valence-electron chi connectivity index (χ0n) is 19.9. The third-order valence-electron chi connectivity index (χ3n) is 5.93. The van der Waals surface area contributed by atoms with Crippen molar-refractivity contribution in [1.29, 1.82) is 0 Å². The number of nitrogens with one attached hydrogen (secondary N) is 2. The Balaban J connectivity index is 1.46. The predicted octanol–water partition coefficient (Wildman–Crippen LogP) is 5.43. The van der Waals surface area contributed by atoms with Crippen LogP contribution in [0.3, 0.4) is 0 Å². The van der Waals surface area contributed by atoms with Gasteiger partial charge in [-0.15, -0.1) is 0 Å². The quantitative estimate of drug-likeness (QED) is 0.431. The van der Waals surface area contributed by atoms with E-state index in [9.17, 15) is 18.0 Å². The number of methoxy groups -OCH3 is 1. The second kappa shape index (κ2) is 10.9. The van der Waals surface area contributed by atoms with Gasteiger partial charge in [0.05, 0.1) is 24.6 Å². The molecule has 36 heavy (non-hydrogen) atoms. The molecule has 190 valence electrons. The molecule has 0 saturated heterocycles. The first-order valence-electron chi connectivity index (χ1n) is 11.5. The fourth-order valence-corrected chi connectivity index (χ4v) is 4.11. The number of ether oxygens (including phenoxy) is 2. The van der Waals surface area contributed by atoms with Crippen molar-refractivity contribution >= 4 is 17.4 Å². The lowest BCUT2D eigenvalue weighted by molar-refractivity contribution is -0.138. The number of benzene rings is 2. The van der Waals surface area contributed by atoms with Crippen LogP contribution in [0.1, 0.15) is 29.2 Å². The van der Waals surface area contributed by atoms with Gasteiger partial charge in [-0.25, -0.2) is 9.78 Å². The molecule has 0 saturated carbocycles. The smallest absolute Gasteiger partial charge is 0.420 e. The Hall–Kier alpha value is -3.79. The monoisotopic (exact) mass is 500 g/mol. The number of anilines is 2. The van der Waals surface area contributed by atoms with Crippen molar-refractivity contribution in [2.45, 2.75) is 25.1 Å². The first-order chi connectivity index (χ1) is 17.3. The van der Waals surface area contributed by atoms with Crippen molar-refractivity contribution in [3.05, 3.63) is 77.5 Å². The standard InChI is InChI=1S/C26H27F3N4O3/c1-30-12-10-22(17-6-4-3-5-7-17)36-24-9-8-19(16-31-24)32-25(34)33-13-11-18-14-23(35-2)20(15-21(18)33)26(27,28)29/h3-9,14-16,22,30H,10-13H2,1-2H3,(H,32,34). The Labute approximate surface area is 207 Å². The second-order valence-electron chi connectivity index (χ2n) is 8.31. The highest BCUT2D eigenvalue weighted by molar-refractivity contribution is 6.03. The van der Waals surface area contributed by atoms with Crippen LogP contribution in [0.25, 0.3) is 0 Å². The number of pyridine rings is 1. The van der Waals surface area contributed by atoms with Gasteiger partial charge < -0.3 is 20.1 Å². The fraction of sp³-hybridized carbons (Fsp3) is 0.308. The molecule has 3 aromatic rings. The molecule has 2 heterocycles. The molecule has 2 aromatic carbocycles. The topological polar surface area (TPSA) is 75.7 Å². The summed E-state index contributed by atoms with van der Waals surface area (Å²) in [5, 5.41) is 5.82. The molecule has 1 aliphatic heterocycles. The van der Waals surface area contributed by atoms with Gasteiger partial charge in [0.25, 0.3) is 0 Å². The van der Waals surface area contributed by atoms with Gasteiger partial charge in [-0.2, -0.15) is 13.2 Å². The molecule has 1 unspecified atom stereocenters. The number of carbonyl (C=O) groups excluding carboxylic acids is 1. The van der Waals surface area contributed by atoms with E-state index < -0.39 is 17.8 Å². The average Bonchev–Trinajstić information content (AvgIpc) is 3.30. The minimum absolute atomic E-state index is 0.201. The van der Waals surface area contributed by atoms with Gasteiger partial charge in [-0.1, -0.05) is 30.3 Å². The van der Waals surface area contributed by atoms with Crippen LogP contribution in [0.15, 0.2) is 60.8 Å². The summed E-state index contributed by atoms with van der Waals surface area (Å²) < 4.78 is 51.4. The van der Waals surface area contributed by atoms with E-state index in [2.05, 4.69) is 15.6 Å². The van der Waals surface area contributed by atoms with Gasteiger partial charge >= 0.3 is 12.2 Å². The third kappa shape index (κ3) is 5.71. The summed E-state index contributed by atoms with van der Waals surface area (Å²) in [5.41, 5.74) is 1.33. The number of rotatable bonds is 8. The molecule has 2 N–H and O–H groups in total. The minimum atomic E-state index is -4.60. The van der Waals surface area contributed by atoms with Gasteiger partial charge in [0.15, 0.2) is 0 Å². The molecule has 1 aliphatic rings. The SMILES string of the molecule is CNCCC(Oc1ccc(NC(=O)N2CCc3cc(OC)c(C(F)(F)F)cc32)cn1)c1ccccc1. The molecule has 0 aliphatic carbocycles. The highest BCUT2D eigenvalue weighted by Crippen LogP contribution is 2.42. The molecule has 7 nitrogen and oxygen atoms in total. The normalized spacial score (nSPS) is 13.8. The number of aromatic nitrogens is 1. The minimum Gasteiger partial charge on any atom is -0.496 e. The van der Waals surface area contributed by atoms with Gasteiger partial charge in [0, 0.05) is 24.7 Å². The number of alkyl halides is 3. The molecule has 1 atom stereocenters. The van der Waals surface area contributed by atoms with E-state index in [4.69, 9.17) is 9.47 Å². The van der Waals surface area contributed by atoms with Crippen LogP contribution in [0.5, 0.6) is 11.6 Å². The summed E-state index contributed by atoms with van der Waals surface area (Å²) in [6.07, 6.45) is -2.18. The zero-order chi connectivity index (χ0) is 25.7. The van der Waals surface area contributed by atoms with E-state index in [0.717, 1.165) is 24.6 Å². The van der Waals surface area contributed by atoms with Crippen LogP contribution in [-0.2, 0) is 12.6 Å². The predicted molar refractivity (Wildman–Crippen MR) is 131 cm³/mol. The molecular weight excluding hydrogens is 473 g/mol. The maximum Gasteiger partial charge on any atom is 0.420 e. The Bertz CT molecular complexity index is 1190. The molecule has 4 rings (SSSR count). The summed E-state index contributed by atoms with van der Waals surface area (Å²) in [4.78, 5) is 18.5. The van der Waals surface area contributed by atoms with Crippen molar-refractivity contribution in [3.63, 3.8) is 0 Å². The maximum atomic E-state index is 13.5.